The van der Waals surface area contributed by atoms with Crippen molar-refractivity contribution in [2.24, 2.45) is 0 Å². The Morgan fingerprint density at radius 3 is 0.702 bits per heavy atom. The van der Waals surface area contributed by atoms with Gasteiger partial charge in [0, 0.05) is 64.5 Å². The van der Waals surface area contributed by atoms with Crippen molar-refractivity contribution in [1.82, 2.24) is 0 Å². The molecule has 0 atom stereocenters. The van der Waals surface area contributed by atoms with E-state index >= 15 is 0 Å². The van der Waals surface area contributed by atoms with Gasteiger partial charge in [0.2, 0.25) is 10.4 Å². The Morgan fingerprint density at radius 1 is 0.596 bits per heavy atom. The molecule has 0 aromatic heterocycles. The largest absolute Gasteiger partial charge is 1.00 e. The smallest absolute Gasteiger partial charge is 1.00 e. The number of aliphatic carboxylic acids is 3. The SMILES string of the molecule is C.C.C.C.C.C.C.CC(=O)O.CC(=O)O.CC(=O)OO.CC(=O)O[I-]OC(C)=O.CC(=O)[O-].C[I-]C.C[I-]C.C[I-]C.O=S(=O)([O-])O.O=S(=O)=O.[Ar].[Br-].[H-].[K+].[K+].[Na+].[Na+]. The van der Waals surface area contributed by atoms with E-state index in [1.165, 1.54) is 13.8 Å². The normalized spacial score (nSPS) is 5.88. The fraction of sp³-hybridized carbons (Fsp3) is 0.760. The summed E-state index contributed by atoms with van der Waals surface area (Å²) in [6.07, 6.45) is 0. The number of hydrogen-bond donors (Lipinski definition) is 4. The molecule has 0 unspecified atom stereocenters. The molecular weight excluding hydrogens is 1440 g/mol. The fourth-order valence-corrected chi connectivity index (χ4v) is 0.701. The van der Waals surface area contributed by atoms with Gasteiger partial charge in [0.05, 0.1) is 0 Å². The first kappa shape index (κ1) is 151. The van der Waals surface area contributed by atoms with Gasteiger partial charge in [0.1, 0.15) is 0 Å². The maximum atomic E-state index is 10.0. The zero-order valence-electron chi connectivity index (χ0n) is 31.4. The standard InChI is InChI=1S/C4H6IO4.3C2H6I.C2H4O3.3C2H4O2.7CH4.Ar.BrH.2K.2Na.H2O4S.O3S.H/c1-3(6)8-5-9-4(2)7;3*1-3-2;1-2(3)5-4;3*1-2(3)4;;;;;;;;;;;;;;1-5(2,3)4;1-4(2)3;/h1-2H3;3*1-2H3;4H,1H3;3*1H3,(H,3,4);7*1H4;;1H;;;;;(H2,1,2,3,4);;/q4*-1;;;;;;;;;;;;;;4*+1;;;-1/p-3. The molecule has 0 radical (unpaired) electrons. The van der Waals surface area contributed by atoms with E-state index < -0.39 is 78.9 Å². The van der Waals surface area contributed by atoms with Crippen LogP contribution in [-0.2, 0) is 60.8 Å². The molecule has 32 heteroatoms. The van der Waals surface area contributed by atoms with Gasteiger partial charge in [-0.3, -0.25) is 14.1 Å². The third-order valence-electron chi connectivity index (χ3n) is 0.409. The second-order valence-corrected chi connectivity index (χ2v) is 14.1. The van der Waals surface area contributed by atoms with Crippen LogP contribution >= 0.6 is 0 Å². The van der Waals surface area contributed by atoms with Crippen molar-refractivity contribution in [2.75, 3.05) is 29.6 Å². The molecule has 0 aromatic rings. The van der Waals surface area contributed by atoms with Crippen molar-refractivity contribution in [3.8, 4) is 0 Å². The van der Waals surface area contributed by atoms with Crippen LogP contribution in [0, 0.1) is 37.7 Å². The van der Waals surface area contributed by atoms with E-state index in [9.17, 15) is 14.4 Å². The van der Waals surface area contributed by atoms with Gasteiger partial charge in [-0.15, -0.1) is 12.6 Å². The van der Waals surface area contributed by atoms with Crippen LogP contribution in [0.1, 0.15) is 95.0 Å². The fourth-order valence-electron chi connectivity index (χ4n) is 0.104. The quantitative estimate of drug-likeness (QED) is 0.0379. The Hall–Kier alpha value is 6.20. The molecule has 352 valence electrons. The summed E-state index contributed by atoms with van der Waals surface area (Å²) < 4.78 is 66.9. The maximum Gasteiger partial charge on any atom is 1.00 e. The third-order valence-corrected chi connectivity index (χ3v) is 2.01. The first-order valence-electron chi connectivity index (χ1n) is 9.43. The molecule has 0 aliphatic rings. The summed E-state index contributed by atoms with van der Waals surface area (Å²) in [6.45, 7) is 6.78. The molecule has 0 aromatic carbocycles. The van der Waals surface area contributed by atoms with Crippen LogP contribution in [0.5, 0.6) is 0 Å². The van der Waals surface area contributed by atoms with Crippen molar-refractivity contribution in [1.29, 1.82) is 0 Å². The molecule has 0 heterocycles. The molecule has 4 N–H and O–H groups in total. The second kappa shape index (κ2) is 144. The van der Waals surface area contributed by atoms with Crippen molar-refractivity contribution < 1.29 is 394 Å². The molecule has 0 bridgehead atoms. The average molecular weight is 1510 g/mol. The summed E-state index contributed by atoms with van der Waals surface area (Å²) in [4.78, 5) is 72.8. The van der Waals surface area contributed by atoms with Crippen LogP contribution in [0.3, 0.4) is 0 Å². The molecule has 0 saturated carbocycles. The van der Waals surface area contributed by atoms with Gasteiger partial charge < -0.3 is 48.0 Å². The molecule has 0 saturated heterocycles. The Labute approximate surface area is 561 Å². The van der Waals surface area contributed by atoms with Gasteiger partial charge in [-0.05, 0) is 6.92 Å². The van der Waals surface area contributed by atoms with E-state index in [0.29, 0.717) is 63.6 Å². The van der Waals surface area contributed by atoms with Crippen LogP contribution in [0.15, 0.2) is 0 Å². The molecule has 0 fully saturated rings. The van der Waals surface area contributed by atoms with Crippen LogP contribution in [0.4, 0.5) is 0 Å². The number of alkyl halides is 6. The number of carboxylic acid groups (broad SMARTS) is 3. The first-order valence-corrected chi connectivity index (χ1v) is 26.5. The van der Waals surface area contributed by atoms with Gasteiger partial charge in [0.15, 0.2) is 0 Å². The van der Waals surface area contributed by atoms with E-state index in [2.05, 4.69) is 40.6 Å². The van der Waals surface area contributed by atoms with Gasteiger partial charge in [0.25, 0.3) is 11.9 Å². The molecule has 0 aliphatic heterocycles. The second-order valence-electron chi connectivity index (χ2n) is 5.08. The minimum atomic E-state index is -4.92. The van der Waals surface area contributed by atoms with E-state index in [0.717, 1.165) is 27.7 Å². The van der Waals surface area contributed by atoms with Crippen LogP contribution < -0.4 is 270 Å². The third kappa shape index (κ3) is 1120. The summed E-state index contributed by atoms with van der Waals surface area (Å²) in [5.74, 6) is -4.27. The summed E-state index contributed by atoms with van der Waals surface area (Å²) in [5.41, 5.74) is 0. The van der Waals surface area contributed by atoms with Crippen LogP contribution in [0.25, 0.3) is 0 Å². The van der Waals surface area contributed by atoms with E-state index in [4.69, 9.17) is 65.1 Å². The summed E-state index contributed by atoms with van der Waals surface area (Å²) in [7, 11) is -8.03. The maximum absolute atomic E-state index is 10.0. The number of hydrogen-bond acceptors (Lipinski definition) is 17. The topological polar surface area (TPSA) is 342 Å². The first-order chi connectivity index (χ1) is 19.6. The molecule has 0 spiro atoms. The number of carbonyl (C=O) groups excluding carboxylic acids is 4. The monoisotopic (exact) mass is 1500 g/mol. The zero-order chi connectivity index (χ0) is 38.5. The minimum Gasteiger partial charge on any atom is -1.00 e. The van der Waals surface area contributed by atoms with Gasteiger partial charge in [-0.2, -0.15) is 5.26 Å². The van der Waals surface area contributed by atoms with Crippen molar-refractivity contribution >= 4 is 56.8 Å². The Bertz CT molecular complexity index is 862. The Morgan fingerprint density at radius 2 is 0.667 bits per heavy atom. The molecule has 57 heavy (non-hydrogen) atoms. The molecular formula is C25H69ArBrI4K2Na2O20S2-4. The Kier molecular flexibility index (Phi) is 383. The van der Waals surface area contributed by atoms with Gasteiger partial charge in [-0.1, -0.05) is 52.0 Å². The van der Waals surface area contributed by atoms with Gasteiger partial charge in [-0.25, -0.2) is 13.2 Å². The number of halogens is 5. The average Bonchev–Trinajstić information content (AvgIpc) is 2.72. The van der Waals surface area contributed by atoms with E-state index in [1.807, 2.05) is 0 Å². The van der Waals surface area contributed by atoms with Crippen LogP contribution in [0.2, 0.25) is 0 Å². The predicted molar refractivity (Wildman–Crippen MR) is 181 cm³/mol. The zero-order valence-corrected chi connectivity index (χ0v) is 53.2. The summed E-state index contributed by atoms with van der Waals surface area (Å²) in [5, 5.41) is 31.0. The number of rotatable bonds is 2. The van der Waals surface area contributed by atoms with Crippen molar-refractivity contribution in [3.05, 3.63) is 0 Å². The molecule has 0 aliphatic carbocycles. The predicted octanol–water partition coefficient (Wildman–Crippen LogP) is -24.4. The minimum absolute atomic E-state index is 0. The summed E-state index contributed by atoms with van der Waals surface area (Å²) in [6, 6.07) is 0. The van der Waals surface area contributed by atoms with E-state index in [1.54, 1.807) is 0 Å². The van der Waals surface area contributed by atoms with Crippen LogP contribution in [-0.4, -0.2) is 111 Å². The van der Waals surface area contributed by atoms with Gasteiger partial charge >= 0.3 is 335 Å². The van der Waals surface area contributed by atoms with Crippen molar-refractivity contribution in [2.45, 2.75) is 93.5 Å². The number of carboxylic acids is 3. The summed E-state index contributed by atoms with van der Waals surface area (Å²) >= 11 is 0.615. The molecule has 0 amide bonds. The van der Waals surface area contributed by atoms with E-state index in [-0.39, 0.29) is 270 Å². The molecule has 0 rings (SSSR count). The Balaban J connectivity index is -0.00000000998. The molecule has 20 nitrogen and oxygen atoms in total. The number of carbonyl (C=O) groups is 6. The van der Waals surface area contributed by atoms with Crippen molar-refractivity contribution in [3.63, 3.8) is 0 Å².